The highest BCUT2D eigenvalue weighted by molar-refractivity contribution is 8.18. The number of imide groups is 1. The number of hydrogen-bond donors (Lipinski definition) is 1. The van der Waals surface area contributed by atoms with Crippen molar-refractivity contribution in [2.75, 3.05) is 7.11 Å². The number of carbonyl (C=O) groups excluding carboxylic acids is 2. The first-order chi connectivity index (χ1) is 14.3. The minimum absolute atomic E-state index is 0.107. The van der Waals surface area contributed by atoms with E-state index in [0.29, 0.717) is 27.5 Å². The molecule has 0 spiro atoms. The number of aromatic carboxylic acids is 1. The molecule has 1 N–H and O–H groups in total. The molecule has 0 aromatic heterocycles. The third-order valence-electron chi connectivity index (χ3n) is 4.41. The van der Waals surface area contributed by atoms with Gasteiger partial charge in [0.15, 0.2) is 11.5 Å². The van der Waals surface area contributed by atoms with Gasteiger partial charge in [0.25, 0.3) is 11.1 Å². The maximum atomic E-state index is 12.6. The number of nitrogens with zero attached hydrogens (tertiary/aromatic N) is 1. The minimum Gasteiger partial charge on any atom is -0.493 e. The number of ether oxygens (including phenoxy) is 2. The second kappa shape index (κ2) is 9.04. The van der Waals surface area contributed by atoms with E-state index < -0.39 is 5.97 Å². The van der Waals surface area contributed by atoms with Crippen molar-refractivity contribution in [1.29, 1.82) is 0 Å². The zero-order valence-corrected chi connectivity index (χ0v) is 17.6. The molecule has 1 fully saturated rings. The first-order valence-electron chi connectivity index (χ1n) is 9.21. The van der Waals surface area contributed by atoms with Crippen molar-refractivity contribution in [2.24, 2.45) is 0 Å². The monoisotopic (exact) mass is 427 g/mol. The van der Waals surface area contributed by atoms with Crippen LogP contribution in [-0.2, 0) is 11.4 Å². The average Bonchev–Trinajstić information content (AvgIpc) is 3.00. The second-order valence-corrected chi connectivity index (χ2v) is 7.81. The summed E-state index contributed by atoms with van der Waals surface area (Å²) < 4.78 is 11.3. The Labute approximate surface area is 178 Å². The van der Waals surface area contributed by atoms with E-state index in [1.165, 1.54) is 24.1 Å². The third-order valence-corrected chi connectivity index (χ3v) is 5.30. The van der Waals surface area contributed by atoms with Gasteiger partial charge in [0.05, 0.1) is 17.6 Å². The van der Waals surface area contributed by atoms with Crippen molar-refractivity contribution in [3.8, 4) is 11.5 Å². The van der Waals surface area contributed by atoms with E-state index in [2.05, 4.69) is 0 Å². The van der Waals surface area contributed by atoms with Crippen molar-refractivity contribution in [3.05, 3.63) is 64.1 Å². The Bertz CT molecular complexity index is 1030. The summed E-state index contributed by atoms with van der Waals surface area (Å²) in [6, 6.07) is 11.5. The zero-order chi connectivity index (χ0) is 21.8. The SMILES string of the molecule is COc1cccc(/C=C2\SC(=O)N(C(C)C)C2=O)c1OCc1cccc(C(=O)O)c1. The summed E-state index contributed by atoms with van der Waals surface area (Å²) in [5, 5.41) is 8.84. The Hall–Kier alpha value is -3.26. The number of methoxy groups -OCH3 is 1. The lowest BCUT2D eigenvalue weighted by molar-refractivity contribution is -0.123. The normalized spacial score (nSPS) is 15.2. The molecule has 0 aliphatic carbocycles. The molecule has 1 aliphatic heterocycles. The predicted molar refractivity (Wildman–Crippen MR) is 114 cm³/mol. The largest absolute Gasteiger partial charge is 0.493 e. The number of carboxylic acid groups (broad SMARTS) is 1. The minimum atomic E-state index is -1.02. The fourth-order valence-electron chi connectivity index (χ4n) is 2.98. The summed E-state index contributed by atoms with van der Waals surface area (Å²) in [6.07, 6.45) is 1.61. The van der Waals surface area contributed by atoms with Crippen LogP contribution in [0.2, 0.25) is 0 Å². The topological polar surface area (TPSA) is 93.1 Å². The summed E-state index contributed by atoms with van der Waals surface area (Å²) in [6.45, 7) is 3.67. The molecule has 2 aromatic rings. The van der Waals surface area contributed by atoms with Crippen LogP contribution in [0.3, 0.4) is 0 Å². The van der Waals surface area contributed by atoms with E-state index in [-0.39, 0.29) is 29.4 Å². The predicted octanol–water partition coefficient (Wildman–Crippen LogP) is 4.42. The maximum absolute atomic E-state index is 12.6. The van der Waals surface area contributed by atoms with E-state index in [1.807, 2.05) is 0 Å². The molecule has 1 aliphatic rings. The molecular formula is C22H21NO6S. The van der Waals surface area contributed by atoms with Crippen LogP contribution in [0.15, 0.2) is 47.4 Å². The summed E-state index contributed by atoms with van der Waals surface area (Å²) in [4.78, 5) is 37.4. The van der Waals surface area contributed by atoms with Crippen molar-refractivity contribution < 1.29 is 29.0 Å². The Morgan fingerprint density at radius 2 is 1.93 bits per heavy atom. The summed E-state index contributed by atoms with van der Waals surface area (Å²) in [7, 11) is 1.50. The molecule has 0 atom stereocenters. The van der Waals surface area contributed by atoms with Crippen molar-refractivity contribution in [2.45, 2.75) is 26.5 Å². The lowest BCUT2D eigenvalue weighted by atomic mass is 10.1. The van der Waals surface area contributed by atoms with Gasteiger partial charge in [-0.25, -0.2) is 4.79 Å². The highest BCUT2D eigenvalue weighted by Crippen LogP contribution is 2.38. The molecule has 30 heavy (non-hydrogen) atoms. The van der Waals surface area contributed by atoms with Crippen LogP contribution >= 0.6 is 11.8 Å². The molecule has 0 radical (unpaired) electrons. The number of hydrogen-bond acceptors (Lipinski definition) is 6. The molecule has 0 unspecified atom stereocenters. The Morgan fingerprint density at radius 1 is 1.20 bits per heavy atom. The Morgan fingerprint density at radius 3 is 2.57 bits per heavy atom. The van der Waals surface area contributed by atoms with Gasteiger partial charge in [0, 0.05) is 11.6 Å². The molecule has 1 saturated heterocycles. The second-order valence-electron chi connectivity index (χ2n) is 6.82. The van der Waals surface area contributed by atoms with Gasteiger partial charge < -0.3 is 14.6 Å². The van der Waals surface area contributed by atoms with E-state index in [0.717, 1.165) is 11.8 Å². The van der Waals surface area contributed by atoms with Crippen molar-refractivity contribution in [3.63, 3.8) is 0 Å². The van der Waals surface area contributed by atoms with Gasteiger partial charge in [0.1, 0.15) is 6.61 Å². The van der Waals surface area contributed by atoms with Gasteiger partial charge in [-0.2, -0.15) is 0 Å². The smallest absolute Gasteiger partial charge is 0.335 e. The number of para-hydroxylation sites is 1. The van der Waals surface area contributed by atoms with E-state index in [4.69, 9.17) is 14.6 Å². The highest BCUT2D eigenvalue weighted by atomic mass is 32.2. The molecule has 0 bridgehead atoms. The van der Waals surface area contributed by atoms with Crippen LogP contribution in [0.25, 0.3) is 6.08 Å². The van der Waals surface area contributed by atoms with E-state index in [1.54, 1.807) is 50.3 Å². The Balaban J connectivity index is 1.91. The standard InChI is InChI=1S/C22H21NO6S/c1-13(2)23-20(24)18(30-22(23)27)11-15-7-5-9-17(28-3)19(15)29-12-14-6-4-8-16(10-14)21(25)26/h4-11,13H,12H2,1-3H3,(H,25,26)/b18-11-. The zero-order valence-electron chi connectivity index (χ0n) is 16.7. The number of thioether (sulfide) groups is 1. The molecule has 3 rings (SSSR count). The van der Waals surface area contributed by atoms with Gasteiger partial charge in [-0.05, 0) is 55.4 Å². The van der Waals surface area contributed by atoms with Crippen LogP contribution in [0.4, 0.5) is 4.79 Å². The van der Waals surface area contributed by atoms with Gasteiger partial charge in [-0.15, -0.1) is 0 Å². The fourth-order valence-corrected chi connectivity index (χ4v) is 3.93. The Kier molecular flexibility index (Phi) is 6.47. The van der Waals surface area contributed by atoms with Crippen LogP contribution in [0.1, 0.15) is 35.3 Å². The molecular weight excluding hydrogens is 406 g/mol. The van der Waals surface area contributed by atoms with Crippen molar-refractivity contribution >= 4 is 35.0 Å². The van der Waals surface area contributed by atoms with Crippen LogP contribution in [-0.4, -0.2) is 40.3 Å². The quantitative estimate of drug-likeness (QED) is 0.654. The first kappa shape index (κ1) is 21.4. The van der Waals surface area contributed by atoms with Crippen LogP contribution < -0.4 is 9.47 Å². The maximum Gasteiger partial charge on any atom is 0.335 e. The molecule has 2 aromatic carbocycles. The van der Waals surface area contributed by atoms with E-state index in [9.17, 15) is 14.4 Å². The third kappa shape index (κ3) is 4.49. The molecule has 2 amide bonds. The first-order valence-corrected chi connectivity index (χ1v) is 10.0. The number of benzene rings is 2. The van der Waals surface area contributed by atoms with Crippen molar-refractivity contribution in [1.82, 2.24) is 4.90 Å². The average molecular weight is 427 g/mol. The number of carbonyl (C=O) groups is 3. The molecule has 7 nitrogen and oxygen atoms in total. The molecule has 156 valence electrons. The number of carboxylic acids is 1. The number of rotatable bonds is 7. The summed E-state index contributed by atoms with van der Waals surface area (Å²) in [5.41, 5.74) is 1.42. The van der Waals surface area contributed by atoms with Gasteiger partial charge >= 0.3 is 5.97 Å². The van der Waals surface area contributed by atoms with Gasteiger partial charge in [-0.3, -0.25) is 14.5 Å². The lowest BCUT2D eigenvalue weighted by Crippen LogP contribution is -2.34. The summed E-state index contributed by atoms with van der Waals surface area (Å²) in [5.74, 6) is -0.503. The molecule has 0 saturated carbocycles. The lowest BCUT2D eigenvalue weighted by Gasteiger charge is -2.16. The van der Waals surface area contributed by atoms with Gasteiger partial charge in [0.2, 0.25) is 0 Å². The highest BCUT2D eigenvalue weighted by Gasteiger charge is 2.36. The van der Waals surface area contributed by atoms with E-state index >= 15 is 0 Å². The number of amides is 2. The van der Waals surface area contributed by atoms with Gasteiger partial charge in [-0.1, -0.05) is 24.3 Å². The van der Waals surface area contributed by atoms with Crippen LogP contribution in [0, 0.1) is 0 Å². The van der Waals surface area contributed by atoms with Crippen LogP contribution in [0.5, 0.6) is 11.5 Å². The molecule has 8 heteroatoms. The fraction of sp³-hybridized carbons (Fsp3) is 0.227. The summed E-state index contributed by atoms with van der Waals surface area (Å²) >= 11 is 0.884. The molecule has 1 heterocycles.